The Hall–Kier alpha value is -0.650. The van der Waals surface area contributed by atoms with Gasteiger partial charge in [0.15, 0.2) is 0 Å². The first-order valence-corrected chi connectivity index (χ1v) is 7.12. The van der Waals surface area contributed by atoms with E-state index in [0.29, 0.717) is 26.4 Å². The van der Waals surface area contributed by atoms with Crippen molar-refractivity contribution in [2.75, 3.05) is 32.9 Å². The summed E-state index contributed by atoms with van der Waals surface area (Å²) in [5.74, 6) is 0.0523. The largest absolute Gasteiger partial charge is 0.379 e. The quantitative estimate of drug-likeness (QED) is 0.733. The minimum absolute atomic E-state index is 0.0288. The number of carbonyl (C=O) groups is 1. The molecule has 1 amide bonds. The number of nitrogens with two attached hydrogens (primary N) is 1. The monoisotopic (exact) mass is 272 g/mol. The molecule has 1 fully saturated rings. The van der Waals surface area contributed by atoms with Crippen LogP contribution in [0.2, 0.25) is 0 Å². The molecule has 1 saturated heterocycles. The number of hydrogen-bond acceptors (Lipinski definition) is 4. The lowest BCUT2D eigenvalue weighted by molar-refractivity contribution is -0.147. The molecule has 5 heteroatoms. The zero-order valence-electron chi connectivity index (χ0n) is 12.6. The molecule has 0 aromatic heterocycles. The maximum absolute atomic E-state index is 12.3. The molecular weight excluding hydrogens is 244 g/mol. The molecule has 2 unspecified atom stereocenters. The van der Waals surface area contributed by atoms with Crippen LogP contribution in [0.3, 0.4) is 0 Å². The van der Waals surface area contributed by atoms with Gasteiger partial charge in [-0.3, -0.25) is 4.79 Å². The average molecular weight is 272 g/mol. The standard InChI is InChI=1S/C14H28N2O3/c1-5-18-8-9-19-11(2)13(17)16-7-6-12(15)14(3,4)10-16/h11-12H,5-10,15H2,1-4H3. The lowest BCUT2D eigenvalue weighted by atomic mass is 9.79. The van der Waals surface area contributed by atoms with Crippen molar-refractivity contribution < 1.29 is 14.3 Å². The number of likely N-dealkylation sites (tertiary alicyclic amines) is 1. The third-order valence-corrected chi connectivity index (χ3v) is 3.77. The predicted molar refractivity (Wildman–Crippen MR) is 74.9 cm³/mol. The van der Waals surface area contributed by atoms with Crippen molar-refractivity contribution in [1.82, 2.24) is 4.90 Å². The van der Waals surface area contributed by atoms with Gasteiger partial charge in [0, 0.05) is 25.7 Å². The van der Waals surface area contributed by atoms with Gasteiger partial charge in [-0.25, -0.2) is 0 Å². The van der Waals surface area contributed by atoms with Crippen molar-refractivity contribution in [3.63, 3.8) is 0 Å². The molecular formula is C14H28N2O3. The molecule has 2 atom stereocenters. The van der Waals surface area contributed by atoms with Gasteiger partial charge < -0.3 is 20.1 Å². The number of nitrogens with zero attached hydrogens (tertiary/aromatic N) is 1. The second-order valence-corrected chi connectivity index (χ2v) is 5.85. The summed E-state index contributed by atoms with van der Waals surface area (Å²) < 4.78 is 10.7. The molecule has 0 aromatic carbocycles. The van der Waals surface area contributed by atoms with Crippen LogP contribution in [-0.4, -0.2) is 55.9 Å². The minimum atomic E-state index is -0.411. The lowest BCUT2D eigenvalue weighted by Crippen LogP contribution is -2.55. The highest BCUT2D eigenvalue weighted by atomic mass is 16.5. The van der Waals surface area contributed by atoms with Crippen molar-refractivity contribution >= 4 is 5.91 Å². The number of piperidine rings is 1. The lowest BCUT2D eigenvalue weighted by Gasteiger charge is -2.43. The molecule has 0 spiro atoms. The van der Waals surface area contributed by atoms with Gasteiger partial charge in [0.2, 0.25) is 0 Å². The fourth-order valence-electron chi connectivity index (χ4n) is 2.32. The van der Waals surface area contributed by atoms with Crippen LogP contribution in [0.15, 0.2) is 0 Å². The number of amides is 1. The minimum Gasteiger partial charge on any atom is -0.379 e. The summed E-state index contributed by atoms with van der Waals surface area (Å²) in [5, 5.41) is 0. The van der Waals surface area contributed by atoms with E-state index >= 15 is 0 Å². The fourth-order valence-corrected chi connectivity index (χ4v) is 2.32. The van der Waals surface area contributed by atoms with Crippen molar-refractivity contribution in [2.24, 2.45) is 11.1 Å². The van der Waals surface area contributed by atoms with Crippen LogP contribution in [0.1, 0.15) is 34.1 Å². The van der Waals surface area contributed by atoms with E-state index in [0.717, 1.165) is 13.0 Å². The smallest absolute Gasteiger partial charge is 0.251 e. The molecule has 112 valence electrons. The highest BCUT2D eigenvalue weighted by Crippen LogP contribution is 2.28. The summed E-state index contributed by atoms with van der Waals surface area (Å²) >= 11 is 0. The molecule has 1 heterocycles. The van der Waals surface area contributed by atoms with E-state index in [9.17, 15) is 4.79 Å². The summed E-state index contributed by atoms with van der Waals surface area (Å²) in [6, 6.07) is 0.158. The zero-order chi connectivity index (χ0) is 14.5. The SMILES string of the molecule is CCOCCOC(C)C(=O)N1CCC(N)C(C)(C)C1. The van der Waals surface area contributed by atoms with E-state index in [4.69, 9.17) is 15.2 Å². The van der Waals surface area contributed by atoms with Crippen LogP contribution in [0.25, 0.3) is 0 Å². The molecule has 5 nitrogen and oxygen atoms in total. The van der Waals surface area contributed by atoms with Gasteiger partial charge in [-0.05, 0) is 25.7 Å². The number of rotatable bonds is 6. The normalized spacial score (nSPS) is 24.3. The van der Waals surface area contributed by atoms with E-state index in [2.05, 4.69) is 13.8 Å². The van der Waals surface area contributed by atoms with Crippen LogP contribution in [-0.2, 0) is 14.3 Å². The Kier molecular flexibility index (Phi) is 6.23. The van der Waals surface area contributed by atoms with Crippen molar-refractivity contribution in [2.45, 2.75) is 46.3 Å². The first kappa shape index (κ1) is 16.4. The van der Waals surface area contributed by atoms with E-state index < -0.39 is 6.10 Å². The highest BCUT2D eigenvalue weighted by molar-refractivity contribution is 5.80. The van der Waals surface area contributed by atoms with E-state index in [1.807, 2.05) is 11.8 Å². The summed E-state index contributed by atoms with van der Waals surface area (Å²) in [4.78, 5) is 14.1. The Morgan fingerprint density at radius 3 is 2.74 bits per heavy atom. The molecule has 2 N–H and O–H groups in total. The van der Waals surface area contributed by atoms with Gasteiger partial charge in [0.1, 0.15) is 6.10 Å². The van der Waals surface area contributed by atoms with Gasteiger partial charge in [-0.2, -0.15) is 0 Å². The second kappa shape index (κ2) is 7.22. The van der Waals surface area contributed by atoms with Gasteiger partial charge in [-0.15, -0.1) is 0 Å². The Labute approximate surface area is 116 Å². The molecule has 0 saturated carbocycles. The van der Waals surface area contributed by atoms with Gasteiger partial charge in [0.05, 0.1) is 13.2 Å². The molecule has 1 aliphatic rings. The summed E-state index contributed by atoms with van der Waals surface area (Å²) in [6.07, 6.45) is 0.440. The van der Waals surface area contributed by atoms with Crippen LogP contribution < -0.4 is 5.73 Å². The molecule has 0 aromatic rings. The van der Waals surface area contributed by atoms with Gasteiger partial charge in [0.25, 0.3) is 5.91 Å². The Morgan fingerprint density at radius 1 is 1.47 bits per heavy atom. The second-order valence-electron chi connectivity index (χ2n) is 5.85. The predicted octanol–water partition coefficient (Wildman–Crippen LogP) is 1.01. The first-order valence-electron chi connectivity index (χ1n) is 7.12. The number of carbonyl (C=O) groups excluding carboxylic acids is 1. The van der Waals surface area contributed by atoms with Gasteiger partial charge >= 0.3 is 0 Å². The zero-order valence-corrected chi connectivity index (χ0v) is 12.6. The van der Waals surface area contributed by atoms with Crippen molar-refractivity contribution in [3.05, 3.63) is 0 Å². The molecule has 0 aliphatic carbocycles. The summed E-state index contributed by atoms with van der Waals surface area (Å²) in [5.41, 5.74) is 6.05. The highest BCUT2D eigenvalue weighted by Gasteiger charge is 2.36. The Morgan fingerprint density at radius 2 is 2.16 bits per heavy atom. The first-order chi connectivity index (χ1) is 8.88. The molecule has 1 aliphatic heterocycles. The number of hydrogen-bond donors (Lipinski definition) is 1. The van der Waals surface area contributed by atoms with E-state index in [1.54, 1.807) is 6.92 Å². The Balaban J connectivity index is 2.40. The third-order valence-electron chi connectivity index (χ3n) is 3.77. The Bertz CT molecular complexity index is 294. The summed E-state index contributed by atoms with van der Waals surface area (Å²) in [6.45, 7) is 11.0. The number of ether oxygens (including phenoxy) is 2. The molecule has 1 rings (SSSR count). The summed E-state index contributed by atoms with van der Waals surface area (Å²) in [7, 11) is 0. The third kappa shape index (κ3) is 4.75. The van der Waals surface area contributed by atoms with Crippen molar-refractivity contribution in [1.29, 1.82) is 0 Å². The molecule has 0 radical (unpaired) electrons. The van der Waals surface area contributed by atoms with E-state index in [-0.39, 0.29) is 17.4 Å². The van der Waals surface area contributed by atoms with Crippen molar-refractivity contribution in [3.8, 4) is 0 Å². The van der Waals surface area contributed by atoms with Crippen LogP contribution in [0.4, 0.5) is 0 Å². The maximum atomic E-state index is 12.3. The van der Waals surface area contributed by atoms with E-state index in [1.165, 1.54) is 0 Å². The molecule has 19 heavy (non-hydrogen) atoms. The van der Waals surface area contributed by atoms with Crippen LogP contribution in [0.5, 0.6) is 0 Å². The average Bonchev–Trinajstić information content (AvgIpc) is 2.36. The maximum Gasteiger partial charge on any atom is 0.251 e. The fraction of sp³-hybridized carbons (Fsp3) is 0.929. The van der Waals surface area contributed by atoms with Crippen LogP contribution >= 0.6 is 0 Å². The topological polar surface area (TPSA) is 64.8 Å². The van der Waals surface area contributed by atoms with Gasteiger partial charge in [-0.1, -0.05) is 13.8 Å². The van der Waals surface area contributed by atoms with Crippen LogP contribution in [0, 0.1) is 5.41 Å². The molecule has 0 bridgehead atoms.